The number of piperidine rings is 1. The molecule has 3 saturated heterocycles. The Labute approximate surface area is 570 Å². The van der Waals surface area contributed by atoms with Gasteiger partial charge in [-0.05, 0) is 138 Å². The highest BCUT2D eigenvalue weighted by molar-refractivity contribution is 7.99. The molecule has 21 nitrogen and oxygen atoms in total. The summed E-state index contributed by atoms with van der Waals surface area (Å²) in [6.07, 6.45) is 4.69. The molecule has 4 aliphatic heterocycles. The second-order valence-electron chi connectivity index (χ2n) is 26.9. The van der Waals surface area contributed by atoms with Crippen LogP contribution in [-0.2, 0) is 54.1 Å². The van der Waals surface area contributed by atoms with Crippen LogP contribution in [-0.4, -0.2) is 201 Å². The van der Waals surface area contributed by atoms with E-state index in [0.29, 0.717) is 120 Å². The van der Waals surface area contributed by atoms with Crippen molar-refractivity contribution >= 4 is 75.3 Å². The Hall–Kier alpha value is -5.96. The number of amides is 3. The fourth-order valence-corrected chi connectivity index (χ4v) is 15.6. The molecule has 1 aromatic heterocycles. The van der Waals surface area contributed by atoms with E-state index in [0.717, 1.165) is 16.5 Å². The number of hydrogen-bond donors (Lipinski definition) is 6. The summed E-state index contributed by atoms with van der Waals surface area (Å²) in [7, 11) is 3.01. The Morgan fingerprint density at radius 1 is 0.927 bits per heavy atom. The molecule has 1 aliphatic carbocycles. The lowest BCUT2D eigenvalue weighted by atomic mass is 9.78. The van der Waals surface area contributed by atoms with E-state index in [-0.39, 0.29) is 108 Å². The van der Waals surface area contributed by atoms with E-state index in [4.69, 9.17) is 35.5 Å². The Morgan fingerprint density at radius 2 is 1.66 bits per heavy atom. The number of aryl methyl sites for hydroxylation is 1. The first-order valence-electron chi connectivity index (χ1n) is 33.9. The number of ether oxygens (including phenoxy) is 4. The normalized spacial score (nSPS) is 30.1. The number of aliphatic hydroxyl groups is 4. The zero-order valence-corrected chi connectivity index (χ0v) is 57.9. The highest BCUT2D eigenvalue weighted by Crippen LogP contribution is 2.44. The average molecular weight is 1380 g/mol. The van der Waals surface area contributed by atoms with Gasteiger partial charge in [0.05, 0.1) is 35.0 Å². The third-order valence-corrected chi connectivity index (χ3v) is 21.3. The highest BCUT2D eigenvalue weighted by Gasteiger charge is 2.57. The number of anilines is 1. The summed E-state index contributed by atoms with van der Waals surface area (Å²) in [6, 6.07) is 3.82. The Bertz CT molecular complexity index is 3320. The molecule has 2 bridgehead atoms. The number of methoxy groups -OCH3 is 2. The number of piperazine rings is 1. The number of nitrogens with zero attached hydrogens (tertiary/aromatic N) is 5. The largest absolute Gasteiger partial charge is 0.507 e. The first-order chi connectivity index (χ1) is 45.8. The van der Waals surface area contributed by atoms with Crippen LogP contribution < -0.4 is 10.2 Å². The molecular formula is C71H97ClF2N6O15S. The third kappa shape index (κ3) is 18.3. The van der Waals surface area contributed by atoms with Crippen molar-refractivity contribution in [2.24, 2.45) is 35.5 Å². The summed E-state index contributed by atoms with van der Waals surface area (Å²) in [5.41, 5.74) is 0.546. The van der Waals surface area contributed by atoms with Crippen LogP contribution in [0.15, 0.2) is 60.2 Å². The van der Waals surface area contributed by atoms with E-state index in [9.17, 15) is 54.3 Å². The number of aliphatic hydroxyl groups excluding tert-OH is 3. The van der Waals surface area contributed by atoms with Gasteiger partial charge in [0.15, 0.2) is 5.82 Å². The van der Waals surface area contributed by atoms with Gasteiger partial charge in [0.2, 0.25) is 17.6 Å². The second-order valence-corrected chi connectivity index (χ2v) is 28.6. The lowest BCUT2D eigenvalue weighted by Crippen LogP contribution is -2.64. The molecule has 14 atom stereocenters. The number of esters is 1. The fraction of sp³-hybridized carbons (Fsp3) is 0.634. The van der Waals surface area contributed by atoms with E-state index < -0.39 is 107 Å². The number of Topliss-reactive ketones (excluding diaryl/α,β-unsaturated/α-hetero) is 2. The maximum Gasteiger partial charge on any atom is 0.329 e. The van der Waals surface area contributed by atoms with E-state index in [1.807, 2.05) is 30.9 Å². The molecule has 25 heteroatoms. The number of hydrogen-bond acceptors (Lipinski definition) is 19. The molecule has 0 spiro atoms. The van der Waals surface area contributed by atoms with Gasteiger partial charge in [0, 0.05) is 120 Å². The molecule has 3 aromatic rings. The van der Waals surface area contributed by atoms with Crippen molar-refractivity contribution in [1.82, 2.24) is 25.1 Å². The molecule has 4 fully saturated rings. The molecule has 5 heterocycles. The highest BCUT2D eigenvalue weighted by atomic mass is 35.5. The van der Waals surface area contributed by atoms with Crippen LogP contribution >= 0.6 is 23.4 Å². The van der Waals surface area contributed by atoms with Crippen LogP contribution in [0.25, 0.3) is 22.0 Å². The minimum Gasteiger partial charge on any atom is -0.507 e. The number of allylic oxidation sites excluding steroid dienone is 3. The van der Waals surface area contributed by atoms with E-state index in [1.165, 1.54) is 38.5 Å². The van der Waals surface area contributed by atoms with Crippen LogP contribution in [0, 0.1) is 47.1 Å². The zero-order chi connectivity index (χ0) is 69.7. The number of cyclic esters (lactones) is 1. The zero-order valence-electron chi connectivity index (χ0n) is 56.3. The van der Waals surface area contributed by atoms with Crippen molar-refractivity contribution in [3.8, 4) is 16.9 Å². The fourth-order valence-electron chi connectivity index (χ4n) is 14.5. The summed E-state index contributed by atoms with van der Waals surface area (Å²) in [6.45, 7) is 14.1. The minimum atomic E-state index is -2.59. The maximum absolute atomic E-state index is 16.7. The number of ketones is 2. The van der Waals surface area contributed by atoms with Gasteiger partial charge >= 0.3 is 5.97 Å². The molecule has 2 aromatic carbocycles. The number of fused-ring (bicyclic) bond motifs is 4. The molecule has 6 N–H and O–H groups in total. The smallest absolute Gasteiger partial charge is 0.329 e. The Morgan fingerprint density at radius 3 is 2.35 bits per heavy atom. The van der Waals surface area contributed by atoms with Gasteiger partial charge in [0.1, 0.15) is 52.8 Å². The van der Waals surface area contributed by atoms with Crippen LogP contribution in [0.1, 0.15) is 130 Å². The lowest BCUT2D eigenvalue weighted by Gasteiger charge is -2.47. The van der Waals surface area contributed by atoms with Crippen LogP contribution in [0.3, 0.4) is 0 Å². The van der Waals surface area contributed by atoms with E-state index in [1.54, 1.807) is 37.4 Å². The van der Waals surface area contributed by atoms with Crippen molar-refractivity contribution in [1.29, 1.82) is 0 Å². The van der Waals surface area contributed by atoms with Gasteiger partial charge in [-0.25, -0.2) is 23.5 Å². The van der Waals surface area contributed by atoms with Gasteiger partial charge in [-0.15, -0.1) is 0 Å². The molecule has 96 heavy (non-hydrogen) atoms. The topological polar surface area (TPSA) is 288 Å². The van der Waals surface area contributed by atoms with Crippen molar-refractivity contribution in [2.75, 3.05) is 76.5 Å². The predicted octanol–water partition coefficient (Wildman–Crippen LogP) is 8.39. The number of halogens is 3. The van der Waals surface area contributed by atoms with Crippen molar-refractivity contribution in [2.45, 2.75) is 179 Å². The molecule has 5 aliphatic rings. The van der Waals surface area contributed by atoms with E-state index >= 15 is 8.78 Å². The predicted molar refractivity (Wildman–Crippen MR) is 361 cm³/mol. The number of benzene rings is 2. The summed E-state index contributed by atoms with van der Waals surface area (Å²) < 4.78 is 56.6. The van der Waals surface area contributed by atoms with Crippen LogP contribution in [0.4, 0.5) is 14.6 Å². The molecule has 528 valence electrons. The number of rotatable bonds is 19. The average Bonchev–Trinajstić information content (AvgIpc) is 0.790. The Balaban J connectivity index is 0.948. The minimum absolute atomic E-state index is 0.0251. The number of aromatic hydroxyl groups is 1. The summed E-state index contributed by atoms with van der Waals surface area (Å²) in [4.78, 5) is 98.2. The summed E-state index contributed by atoms with van der Waals surface area (Å²) in [5, 5.41) is 58.8. The number of phenols is 1. The van der Waals surface area contributed by atoms with Gasteiger partial charge in [-0.2, -0.15) is 11.8 Å². The molecule has 0 unspecified atom stereocenters. The number of aromatic nitrogens is 2. The standard InChI is InChI=1S/C71H97ClF2N6O15S/c1-9-60(87)78-25-27-79(28-26-78)68-48-37-49(72)61(62-50(73)16-12-18-53(62)83)63(74)64(48)76-58(77-68)19-13-20-59(86)75-23-30-96-29-14-15-46-32-40(2)31-41(3)33-56(92-7)66-57(93-8)35-43(5)71(91,95-66)67(88)69(89)80-24-11-10-17-51(80)70(90)94-65(44(6)54(84)38-55(46)85)42(4)34-45-21-22-52(82)47(36-45)39-81/h9,12,16,18,32,34,37,41,43-47,51-52,54,56-57,65-66,81-84,91H,1,10-11,13-15,17,19-31,33,35-36,38-39H2,2-8H3,(H,75,86)/b40-32+,42-34+/t41-,43+,44+,45-,46+,47-,51-,52+,54-,56-,57-,65+,66+,71+/m0/s1. The maximum atomic E-state index is 16.7. The summed E-state index contributed by atoms with van der Waals surface area (Å²) >= 11 is 8.25. The molecule has 8 rings (SSSR count). The third-order valence-electron chi connectivity index (χ3n) is 20.0. The SMILES string of the molecule is C=CC(=O)N1CCN(c2nc(CCCC(=O)NCCSCCC[C@@H]3/C=C(\C)C[C@H](C)C[C@H](OC)[C@H]4O[C@@](O)(C(=O)C(=O)N5CCCC[C@H]5C(=O)O[C@H](/C(C)=C/[C@@H]5CC[C@@H](O)[C@H](CO)C5)[C@H](C)[C@@H](O)CC3=O)[C@H](C)C[C@@H]4OC)nc3c(F)c(-c4c(O)cccc4F)c(Cl)cc23)CC1. The van der Waals surface area contributed by atoms with E-state index in [2.05, 4.69) is 16.9 Å². The monoisotopic (exact) mass is 1380 g/mol. The van der Waals surface area contributed by atoms with Crippen LogP contribution in [0.2, 0.25) is 5.02 Å². The van der Waals surface area contributed by atoms with Crippen molar-refractivity contribution in [3.05, 3.63) is 82.7 Å². The molecule has 1 saturated carbocycles. The lowest BCUT2D eigenvalue weighted by molar-refractivity contribution is -0.302. The van der Waals surface area contributed by atoms with Crippen molar-refractivity contribution < 1.29 is 82.0 Å². The van der Waals surface area contributed by atoms with Crippen molar-refractivity contribution in [3.63, 3.8) is 0 Å². The first kappa shape index (κ1) is 75.8. The molecular weight excluding hydrogens is 1280 g/mol. The number of carbonyl (C=O) groups excluding carboxylic acids is 6. The van der Waals surface area contributed by atoms with Gasteiger partial charge in [0.25, 0.3) is 11.7 Å². The Kier molecular flexibility index (Phi) is 27.4. The first-order valence-corrected chi connectivity index (χ1v) is 35.4. The van der Waals surface area contributed by atoms with Gasteiger partial charge in [-0.3, -0.25) is 24.0 Å². The summed E-state index contributed by atoms with van der Waals surface area (Å²) in [5.74, 6) is -9.95. The number of thioether (sulfide) groups is 1. The number of phenolic OH excluding ortho intramolecular Hbond substituents is 1. The molecule has 3 amide bonds. The molecule has 0 radical (unpaired) electrons. The number of carbonyl (C=O) groups is 6. The second kappa shape index (κ2) is 34.7. The quantitative estimate of drug-likeness (QED) is 0.0216. The number of nitrogens with one attached hydrogen (secondary N) is 1. The van der Waals surface area contributed by atoms with Gasteiger partial charge in [-0.1, -0.05) is 62.7 Å². The van der Waals surface area contributed by atoms with Gasteiger partial charge < -0.3 is 64.5 Å². The van der Waals surface area contributed by atoms with Crippen LogP contribution in [0.5, 0.6) is 5.75 Å².